The Bertz CT molecular complexity index is 1340. The van der Waals surface area contributed by atoms with Crippen molar-refractivity contribution in [1.29, 1.82) is 0 Å². The van der Waals surface area contributed by atoms with Gasteiger partial charge in [0.2, 0.25) is 0 Å². The second-order valence-corrected chi connectivity index (χ2v) is 10.1. The van der Waals surface area contributed by atoms with Gasteiger partial charge in [-0.3, -0.25) is 4.98 Å². The van der Waals surface area contributed by atoms with Crippen LogP contribution >= 0.6 is 0 Å². The zero-order valence-electron chi connectivity index (χ0n) is 19.4. The maximum atomic E-state index is 5.32. The molecule has 0 amide bonds. The smallest absolute Gasteiger partial charge is 0.0787 e. The van der Waals surface area contributed by atoms with Crippen LogP contribution in [0.2, 0.25) is 0 Å². The molecule has 0 spiro atoms. The summed E-state index contributed by atoms with van der Waals surface area (Å²) in [5.74, 6) is 1.10. The Kier molecular flexibility index (Phi) is 4.68. The molecule has 0 aliphatic heterocycles. The first-order valence-corrected chi connectivity index (χ1v) is 12.3. The number of hydrogen-bond donors (Lipinski definition) is 0. The average Bonchev–Trinajstić information content (AvgIpc) is 3.46. The highest BCUT2D eigenvalue weighted by Gasteiger charge is 2.25. The fourth-order valence-electron chi connectivity index (χ4n) is 6.00. The maximum absolute atomic E-state index is 5.32. The molecule has 1 saturated carbocycles. The van der Waals surface area contributed by atoms with E-state index in [1.165, 1.54) is 86.8 Å². The third kappa shape index (κ3) is 3.10. The van der Waals surface area contributed by atoms with Crippen molar-refractivity contribution in [3.63, 3.8) is 0 Å². The molecule has 3 aromatic carbocycles. The molecule has 0 atom stereocenters. The molecule has 2 aliphatic rings. The fraction of sp³-hybridized carbons (Fsp3) is 0.323. The Balaban J connectivity index is 1.64. The van der Waals surface area contributed by atoms with Crippen LogP contribution in [0.4, 0.5) is 0 Å². The van der Waals surface area contributed by atoms with E-state index in [9.17, 15) is 0 Å². The van der Waals surface area contributed by atoms with E-state index in [4.69, 9.17) is 4.98 Å². The van der Waals surface area contributed by atoms with Gasteiger partial charge in [-0.25, -0.2) is 0 Å². The third-order valence-electron chi connectivity index (χ3n) is 7.64. The Hall–Kier alpha value is -2.93. The van der Waals surface area contributed by atoms with E-state index in [0.29, 0.717) is 11.8 Å². The highest BCUT2D eigenvalue weighted by atomic mass is 14.7. The van der Waals surface area contributed by atoms with Crippen molar-refractivity contribution in [3.05, 3.63) is 88.6 Å². The number of fused-ring (bicyclic) bond motifs is 4. The fourth-order valence-corrected chi connectivity index (χ4v) is 6.00. The van der Waals surface area contributed by atoms with Crippen molar-refractivity contribution in [2.45, 2.75) is 64.7 Å². The summed E-state index contributed by atoms with van der Waals surface area (Å²) in [6.45, 7) is 6.77. The SMILES string of the molecule is Cc1cc2c(c(-c3nc(C(C)C)cc4c(C5CCCC5)cccc34)c1)Cc1ccccc1-2. The maximum Gasteiger partial charge on any atom is 0.0787 e. The molecule has 0 bridgehead atoms. The predicted molar refractivity (Wildman–Crippen MR) is 135 cm³/mol. The van der Waals surface area contributed by atoms with Gasteiger partial charge >= 0.3 is 0 Å². The Morgan fingerprint density at radius 3 is 2.41 bits per heavy atom. The van der Waals surface area contributed by atoms with Crippen LogP contribution < -0.4 is 0 Å². The van der Waals surface area contributed by atoms with Crippen LogP contribution in [0, 0.1) is 6.92 Å². The predicted octanol–water partition coefficient (Wildman–Crippen LogP) is 8.56. The highest BCUT2D eigenvalue weighted by molar-refractivity contribution is 5.99. The van der Waals surface area contributed by atoms with Gasteiger partial charge in [0.1, 0.15) is 0 Å². The van der Waals surface area contributed by atoms with Crippen molar-refractivity contribution >= 4 is 10.8 Å². The molecule has 32 heavy (non-hydrogen) atoms. The molecular formula is C31H31N. The van der Waals surface area contributed by atoms with Gasteiger partial charge in [0.25, 0.3) is 0 Å². The molecule has 1 heteroatoms. The van der Waals surface area contributed by atoms with E-state index >= 15 is 0 Å². The Morgan fingerprint density at radius 2 is 1.59 bits per heavy atom. The first-order valence-electron chi connectivity index (χ1n) is 12.3. The lowest BCUT2D eigenvalue weighted by Gasteiger charge is -2.19. The number of hydrogen-bond acceptors (Lipinski definition) is 1. The van der Waals surface area contributed by atoms with E-state index in [1.807, 2.05) is 0 Å². The summed E-state index contributed by atoms with van der Waals surface area (Å²) in [7, 11) is 0. The van der Waals surface area contributed by atoms with Gasteiger partial charge in [-0.1, -0.05) is 75.2 Å². The van der Waals surface area contributed by atoms with Gasteiger partial charge in [-0.2, -0.15) is 0 Å². The normalized spacial score (nSPS) is 15.5. The number of rotatable bonds is 3. The summed E-state index contributed by atoms with van der Waals surface area (Å²) in [4.78, 5) is 5.32. The van der Waals surface area contributed by atoms with Crippen LogP contribution in [0.15, 0.2) is 60.7 Å². The second-order valence-electron chi connectivity index (χ2n) is 10.1. The van der Waals surface area contributed by atoms with Crippen molar-refractivity contribution in [3.8, 4) is 22.4 Å². The molecular weight excluding hydrogens is 386 g/mol. The second kappa shape index (κ2) is 7.59. The van der Waals surface area contributed by atoms with Gasteiger partial charge in [0.05, 0.1) is 5.69 Å². The van der Waals surface area contributed by atoms with Crippen LogP contribution in [0.5, 0.6) is 0 Å². The molecule has 160 valence electrons. The molecule has 0 unspecified atom stereocenters. The summed E-state index contributed by atoms with van der Waals surface area (Å²) in [6.07, 6.45) is 6.36. The van der Waals surface area contributed by atoms with Crippen LogP contribution in [-0.4, -0.2) is 4.98 Å². The molecule has 1 fully saturated rings. The molecule has 2 aliphatic carbocycles. The molecule has 0 saturated heterocycles. The zero-order valence-corrected chi connectivity index (χ0v) is 19.4. The van der Waals surface area contributed by atoms with Crippen molar-refractivity contribution in [2.24, 2.45) is 0 Å². The minimum absolute atomic E-state index is 0.407. The van der Waals surface area contributed by atoms with Crippen LogP contribution in [0.25, 0.3) is 33.2 Å². The number of pyridine rings is 1. The van der Waals surface area contributed by atoms with Crippen molar-refractivity contribution in [1.82, 2.24) is 4.98 Å². The van der Waals surface area contributed by atoms with Crippen molar-refractivity contribution in [2.75, 3.05) is 0 Å². The highest BCUT2D eigenvalue weighted by Crippen LogP contribution is 2.45. The minimum Gasteiger partial charge on any atom is -0.252 e. The quantitative estimate of drug-likeness (QED) is 0.286. The Labute approximate surface area is 191 Å². The van der Waals surface area contributed by atoms with Gasteiger partial charge in [-0.15, -0.1) is 0 Å². The van der Waals surface area contributed by atoms with Crippen LogP contribution in [0.3, 0.4) is 0 Å². The molecule has 0 N–H and O–H groups in total. The summed E-state index contributed by atoms with van der Waals surface area (Å²) < 4.78 is 0. The lowest BCUT2D eigenvalue weighted by molar-refractivity contribution is 0.729. The summed E-state index contributed by atoms with van der Waals surface area (Å²) in [6, 6.07) is 23.0. The third-order valence-corrected chi connectivity index (χ3v) is 7.64. The summed E-state index contributed by atoms with van der Waals surface area (Å²) in [5.41, 5.74) is 12.2. The number of benzene rings is 3. The van der Waals surface area contributed by atoms with E-state index < -0.39 is 0 Å². The minimum atomic E-state index is 0.407. The van der Waals surface area contributed by atoms with Gasteiger partial charge in [0.15, 0.2) is 0 Å². The molecule has 6 rings (SSSR count). The van der Waals surface area contributed by atoms with Crippen LogP contribution in [0.1, 0.15) is 79.3 Å². The summed E-state index contributed by atoms with van der Waals surface area (Å²) in [5, 5.41) is 2.75. The van der Waals surface area contributed by atoms with E-state index in [1.54, 1.807) is 0 Å². The first kappa shape index (κ1) is 19.7. The monoisotopic (exact) mass is 417 g/mol. The lowest BCUT2D eigenvalue weighted by atomic mass is 9.88. The number of aromatic nitrogens is 1. The number of aryl methyl sites for hydroxylation is 1. The average molecular weight is 418 g/mol. The number of nitrogens with zero attached hydrogens (tertiary/aromatic N) is 1. The van der Waals surface area contributed by atoms with E-state index in [-0.39, 0.29) is 0 Å². The van der Waals surface area contributed by atoms with E-state index in [2.05, 4.69) is 81.4 Å². The summed E-state index contributed by atoms with van der Waals surface area (Å²) >= 11 is 0. The van der Waals surface area contributed by atoms with Crippen molar-refractivity contribution < 1.29 is 0 Å². The standard InChI is InChI=1S/C31H31N/c1-19(2)30-18-28-23(21-9-4-5-10-21)13-8-14-25(28)31(32-30)29-16-20(3)15-26-24-12-7-6-11-22(24)17-27(26)29/h6-8,11-16,18-19,21H,4-5,9-10,17H2,1-3H3. The zero-order chi connectivity index (χ0) is 21.8. The van der Waals surface area contributed by atoms with Gasteiger partial charge < -0.3 is 0 Å². The molecule has 4 aromatic rings. The largest absolute Gasteiger partial charge is 0.252 e. The molecule has 0 radical (unpaired) electrons. The lowest BCUT2D eigenvalue weighted by Crippen LogP contribution is -2.02. The molecule has 1 nitrogen and oxygen atoms in total. The molecule has 1 aromatic heterocycles. The van der Waals surface area contributed by atoms with Gasteiger partial charge in [0, 0.05) is 16.6 Å². The van der Waals surface area contributed by atoms with Gasteiger partial charge in [-0.05, 0) is 88.9 Å². The topological polar surface area (TPSA) is 12.9 Å². The van der Waals surface area contributed by atoms with E-state index in [0.717, 1.165) is 6.42 Å². The Morgan fingerprint density at radius 1 is 0.812 bits per heavy atom. The van der Waals surface area contributed by atoms with Crippen LogP contribution in [-0.2, 0) is 6.42 Å². The first-order chi connectivity index (χ1) is 15.6. The molecule has 1 heterocycles.